The summed E-state index contributed by atoms with van der Waals surface area (Å²) in [5, 5.41) is 0. The van der Waals surface area contributed by atoms with Crippen LogP contribution < -0.4 is 14.4 Å². The highest BCUT2D eigenvalue weighted by Gasteiger charge is 2.30. The van der Waals surface area contributed by atoms with Gasteiger partial charge in [-0.25, -0.2) is 0 Å². The van der Waals surface area contributed by atoms with Crippen molar-refractivity contribution in [3.05, 3.63) is 63.8 Å². The summed E-state index contributed by atoms with van der Waals surface area (Å²) < 4.78 is 12.5. The number of fused-ring (bicyclic) bond motifs is 1. The highest BCUT2D eigenvalue weighted by atomic mass is 127. The smallest absolute Gasteiger partial charge is 0.258 e. The molecule has 1 amide bonds. The van der Waals surface area contributed by atoms with Crippen LogP contribution in [0.3, 0.4) is 0 Å². The Morgan fingerprint density at radius 3 is 2.67 bits per heavy atom. The minimum Gasteiger partial charge on any atom is -0.490 e. The van der Waals surface area contributed by atoms with Crippen molar-refractivity contribution in [3.63, 3.8) is 0 Å². The van der Waals surface area contributed by atoms with Crippen molar-refractivity contribution in [1.82, 2.24) is 0 Å². The SMILES string of the molecule is C=CCOc1c(I)cc(/C=C2\C(=O)N(CC)c3ccccc32)cc1OCC. The van der Waals surface area contributed by atoms with Gasteiger partial charge in [-0.1, -0.05) is 30.9 Å². The molecule has 2 aromatic carbocycles. The standard InChI is InChI=1S/C22H22INO3/c1-4-11-27-21-18(23)13-15(14-20(21)26-6-3)12-17-16-9-7-8-10-19(16)24(5-2)22(17)25/h4,7-10,12-14H,1,5-6,11H2,2-3H3/b17-12-. The minimum absolute atomic E-state index is 0.0265. The van der Waals surface area contributed by atoms with Crippen molar-refractivity contribution in [2.45, 2.75) is 13.8 Å². The van der Waals surface area contributed by atoms with Crippen LogP contribution in [0.25, 0.3) is 11.6 Å². The molecule has 4 nitrogen and oxygen atoms in total. The Morgan fingerprint density at radius 2 is 1.96 bits per heavy atom. The van der Waals surface area contributed by atoms with E-state index in [9.17, 15) is 4.79 Å². The first kappa shape index (κ1) is 19.5. The minimum atomic E-state index is 0.0265. The van der Waals surface area contributed by atoms with Crippen LogP contribution in [0.1, 0.15) is 25.0 Å². The van der Waals surface area contributed by atoms with Crippen LogP contribution in [0.15, 0.2) is 49.1 Å². The molecule has 0 atom stereocenters. The number of carbonyl (C=O) groups excluding carboxylic acids is 1. The first-order valence-corrected chi connectivity index (χ1v) is 10.0. The number of rotatable bonds is 7. The molecule has 0 unspecified atom stereocenters. The highest BCUT2D eigenvalue weighted by Crippen LogP contribution is 2.39. The second-order valence-corrected chi connectivity index (χ2v) is 7.15. The average Bonchev–Trinajstić information content (AvgIpc) is 2.93. The molecular formula is C22H22INO3. The quantitative estimate of drug-likeness (QED) is 0.316. The molecule has 27 heavy (non-hydrogen) atoms. The van der Waals surface area contributed by atoms with E-state index in [1.54, 1.807) is 11.0 Å². The monoisotopic (exact) mass is 475 g/mol. The molecule has 1 aliphatic heterocycles. The first-order valence-electron chi connectivity index (χ1n) is 8.93. The number of nitrogens with zero attached hydrogens (tertiary/aromatic N) is 1. The van der Waals surface area contributed by atoms with Gasteiger partial charge < -0.3 is 14.4 Å². The normalized spacial score (nSPS) is 14.4. The van der Waals surface area contributed by atoms with Crippen molar-refractivity contribution in [2.75, 3.05) is 24.7 Å². The highest BCUT2D eigenvalue weighted by molar-refractivity contribution is 14.1. The van der Waals surface area contributed by atoms with Gasteiger partial charge >= 0.3 is 0 Å². The first-order chi connectivity index (χ1) is 13.1. The van der Waals surface area contributed by atoms with E-state index in [0.29, 0.717) is 36.8 Å². The molecule has 3 rings (SSSR count). The molecule has 0 saturated carbocycles. The second kappa shape index (κ2) is 8.61. The van der Waals surface area contributed by atoms with E-state index in [4.69, 9.17) is 9.47 Å². The third kappa shape index (κ3) is 3.88. The van der Waals surface area contributed by atoms with E-state index in [2.05, 4.69) is 29.2 Å². The lowest BCUT2D eigenvalue weighted by molar-refractivity contribution is -0.112. The van der Waals surface area contributed by atoms with Crippen LogP contribution in [-0.4, -0.2) is 25.7 Å². The number of para-hydroxylation sites is 1. The van der Waals surface area contributed by atoms with Crippen molar-refractivity contribution in [1.29, 1.82) is 0 Å². The largest absolute Gasteiger partial charge is 0.490 e. The maximum absolute atomic E-state index is 12.9. The van der Waals surface area contributed by atoms with Gasteiger partial charge in [0.1, 0.15) is 6.61 Å². The summed E-state index contributed by atoms with van der Waals surface area (Å²) in [5.41, 5.74) is 3.53. The molecular weight excluding hydrogens is 453 g/mol. The lowest BCUT2D eigenvalue weighted by Crippen LogP contribution is -2.25. The van der Waals surface area contributed by atoms with Gasteiger partial charge in [0.05, 0.1) is 15.9 Å². The van der Waals surface area contributed by atoms with Gasteiger partial charge in [-0.3, -0.25) is 4.79 Å². The van der Waals surface area contributed by atoms with Crippen molar-refractivity contribution >= 4 is 45.8 Å². The number of amides is 1. The maximum Gasteiger partial charge on any atom is 0.258 e. The van der Waals surface area contributed by atoms with Gasteiger partial charge in [-0.15, -0.1) is 0 Å². The lowest BCUT2D eigenvalue weighted by atomic mass is 10.0. The fourth-order valence-corrected chi connectivity index (χ4v) is 3.92. The molecule has 0 saturated heterocycles. The van der Waals surface area contributed by atoms with Crippen molar-refractivity contribution in [2.24, 2.45) is 0 Å². The number of ether oxygens (including phenoxy) is 2. The zero-order valence-electron chi connectivity index (χ0n) is 15.5. The molecule has 0 aliphatic carbocycles. The van der Waals surface area contributed by atoms with Crippen LogP contribution >= 0.6 is 22.6 Å². The molecule has 0 fully saturated rings. The third-order valence-corrected chi connectivity index (χ3v) is 5.07. The Kier molecular flexibility index (Phi) is 6.21. The summed E-state index contributed by atoms with van der Waals surface area (Å²) in [6, 6.07) is 11.8. The summed E-state index contributed by atoms with van der Waals surface area (Å²) in [6.07, 6.45) is 3.63. The predicted molar refractivity (Wildman–Crippen MR) is 118 cm³/mol. The summed E-state index contributed by atoms with van der Waals surface area (Å²) in [6.45, 7) is 9.20. The van der Waals surface area contributed by atoms with E-state index in [0.717, 1.165) is 20.4 Å². The summed E-state index contributed by atoms with van der Waals surface area (Å²) in [7, 11) is 0. The Morgan fingerprint density at radius 1 is 1.19 bits per heavy atom. The number of benzene rings is 2. The predicted octanol–water partition coefficient (Wildman–Crippen LogP) is 5.16. The molecule has 0 N–H and O–H groups in total. The zero-order chi connectivity index (χ0) is 19.4. The second-order valence-electron chi connectivity index (χ2n) is 5.99. The fourth-order valence-electron chi connectivity index (χ4n) is 3.14. The molecule has 1 aliphatic rings. The number of halogens is 1. The van der Waals surface area contributed by atoms with Gasteiger partial charge in [0, 0.05) is 17.7 Å². The molecule has 0 bridgehead atoms. The Labute approximate surface area is 173 Å². The topological polar surface area (TPSA) is 38.8 Å². The maximum atomic E-state index is 12.9. The Hall–Kier alpha value is -2.28. The summed E-state index contributed by atoms with van der Waals surface area (Å²) >= 11 is 2.23. The van der Waals surface area contributed by atoms with Crippen LogP contribution in [0, 0.1) is 3.57 Å². The van der Waals surface area contributed by atoms with Crippen LogP contribution in [0.2, 0.25) is 0 Å². The third-order valence-electron chi connectivity index (χ3n) is 4.27. The van der Waals surface area contributed by atoms with E-state index < -0.39 is 0 Å². The number of anilines is 1. The van der Waals surface area contributed by atoms with Crippen LogP contribution in [0.4, 0.5) is 5.69 Å². The Bertz CT molecular complexity index is 904. The van der Waals surface area contributed by atoms with Gasteiger partial charge in [-0.05, 0) is 66.3 Å². The molecule has 140 valence electrons. The van der Waals surface area contributed by atoms with Crippen LogP contribution in [0.5, 0.6) is 11.5 Å². The number of likely N-dealkylation sites (N-methyl/N-ethyl adjacent to an activating group) is 1. The zero-order valence-corrected chi connectivity index (χ0v) is 17.7. The molecule has 0 radical (unpaired) electrons. The summed E-state index contributed by atoms with van der Waals surface area (Å²) in [4.78, 5) is 14.7. The molecule has 5 heteroatoms. The van der Waals surface area contributed by atoms with E-state index >= 15 is 0 Å². The molecule has 2 aromatic rings. The van der Waals surface area contributed by atoms with E-state index in [1.165, 1.54) is 0 Å². The van der Waals surface area contributed by atoms with E-state index in [1.807, 2.05) is 56.3 Å². The number of carbonyl (C=O) groups is 1. The summed E-state index contributed by atoms with van der Waals surface area (Å²) in [5.74, 6) is 1.40. The molecule has 0 spiro atoms. The molecule has 0 aromatic heterocycles. The molecule has 1 heterocycles. The van der Waals surface area contributed by atoms with Gasteiger partial charge in [0.15, 0.2) is 11.5 Å². The number of hydrogen-bond donors (Lipinski definition) is 0. The van der Waals surface area contributed by atoms with Gasteiger partial charge in [0.25, 0.3) is 5.91 Å². The fraction of sp³-hybridized carbons (Fsp3) is 0.227. The number of hydrogen-bond acceptors (Lipinski definition) is 3. The van der Waals surface area contributed by atoms with E-state index in [-0.39, 0.29) is 5.91 Å². The van der Waals surface area contributed by atoms with Gasteiger partial charge in [-0.2, -0.15) is 0 Å². The van der Waals surface area contributed by atoms with Gasteiger partial charge in [0.2, 0.25) is 0 Å². The van der Waals surface area contributed by atoms with Crippen LogP contribution in [-0.2, 0) is 4.79 Å². The lowest BCUT2D eigenvalue weighted by Gasteiger charge is -2.14. The van der Waals surface area contributed by atoms with Crippen molar-refractivity contribution in [3.8, 4) is 11.5 Å². The van der Waals surface area contributed by atoms with Crippen molar-refractivity contribution < 1.29 is 14.3 Å². The average molecular weight is 475 g/mol. The Balaban J connectivity index is 2.06.